The molecule has 1 aromatic carbocycles. The van der Waals surface area contributed by atoms with Crippen LogP contribution in [0.5, 0.6) is 0 Å². The molecule has 24 heavy (non-hydrogen) atoms. The molecule has 6 heteroatoms. The number of aryl methyl sites for hydroxylation is 1. The van der Waals surface area contributed by atoms with Crippen LogP contribution in [0.3, 0.4) is 0 Å². The van der Waals surface area contributed by atoms with E-state index in [-0.39, 0.29) is 11.2 Å². The number of rotatable bonds is 3. The molecule has 0 N–H and O–H groups in total. The van der Waals surface area contributed by atoms with E-state index >= 15 is 0 Å². The molecule has 0 unspecified atom stereocenters. The zero-order chi connectivity index (χ0) is 17.3. The van der Waals surface area contributed by atoms with Gasteiger partial charge in [0, 0.05) is 52.9 Å². The molecule has 6 nitrogen and oxygen atoms in total. The van der Waals surface area contributed by atoms with Gasteiger partial charge >= 0.3 is 5.69 Å². The third kappa shape index (κ3) is 3.28. The predicted molar refractivity (Wildman–Crippen MR) is 95.6 cm³/mol. The van der Waals surface area contributed by atoms with Crippen LogP contribution >= 0.6 is 0 Å². The van der Waals surface area contributed by atoms with Gasteiger partial charge in [0.05, 0.1) is 0 Å². The maximum absolute atomic E-state index is 12.1. The average Bonchev–Trinajstić information content (AvgIpc) is 2.57. The fraction of sp³-hybridized carbons (Fsp3) is 0.444. The summed E-state index contributed by atoms with van der Waals surface area (Å²) in [5, 5.41) is 0. The second-order valence-corrected chi connectivity index (χ2v) is 6.49. The molecule has 1 aliphatic rings. The Labute approximate surface area is 141 Å². The van der Waals surface area contributed by atoms with Crippen molar-refractivity contribution in [2.24, 2.45) is 14.1 Å². The monoisotopic (exact) mass is 328 g/mol. The molecule has 0 bridgehead atoms. The minimum absolute atomic E-state index is 0.254. The van der Waals surface area contributed by atoms with E-state index in [0.29, 0.717) is 5.82 Å². The molecular formula is C18H24N4O2. The number of aromatic nitrogens is 2. The summed E-state index contributed by atoms with van der Waals surface area (Å²) >= 11 is 0. The van der Waals surface area contributed by atoms with Crippen LogP contribution in [0.1, 0.15) is 11.1 Å². The molecule has 3 rings (SSSR count). The fourth-order valence-electron chi connectivity index (χ4n) is 3.23. The number of hydrogen-bond acceptors (Lipinski definition) is 4. The molecule has 0 radical (unpaired) electrons. The molecular weight excluding hydrogens is 304 g/mol. The molecule has 0 atom stereocenters. The highest BCUT2D eigenvalue weighted by Gasteiger charge is 2.20. The smallest absolute Gasteiger partial charge is 0.332 e. The number of benzene rings is 1. The summed E-state index contributed by atoms with van der Waals surface area (Å²) in [6.45, 7) is 6.50. The quantitative estimate of drug-likeness (QED) is 0.833. The van der Waals surface area contributed by atoms with Gasteiger partial charge in [0.1, 0.15) is 5.82 Å². The molecule has 0 aliphatic carbocycles. The van der Waals surface area contributed by atoms with Crippen molar-refractivity contribution in [2.45, 2.75) is 13.5 Å². The first-order valence-corrected chi connectivity index (χ1v) is 8.25. The molecule has 2 heterocycles. The molecule has 0 saturated carbocycles. The summed E-state index contributed by atoms with van der Waals surface area (Å²) in [5.74, 6) is 0.707. The first-order valence-electron chi connectivity index (χ1n) is 8.25. The molecule has 0 spiro atoms. The summed E-state index contributed by atoms with van der Waals surface area (Å²) < 4.78 is 2.69. The van der Waals surface area contributed by atoms with Crippen molar-refractivity contribution in [3.05, 3.63) is 62.3 Å². The Morgan fingerprint density at radius 2 is 1.67 bits per heavy atom. The Bertz CT molecular complexity index is 845. The molecule has 1 fully saturated rings. The average molecular weight is 328 g/mol. The maximum Gasteiger partial charge on any atom is 0.332 e. The third-order valence-corrected chi connectivity index (χ3v) is 4.69. The molecule has 2 aromatic rings. The van der Waals surface area contributed by atoms with Gasteiger partial charge in [-0.2, -0.15) is 0 Å². The van der Waals surface area contributed by atoms with Crippen LogP contribution in [-0.4, -0.2) is 40.2 Å². The van der Waals surface area contributed by atoms with Crippen molar-refractivity contribution in [3.63, 3.8) is 0 Å². The van der Waals surface area contributed by atoms with Crippen LogP contribution in [0.25, 0.3) is 0 Å². The lowest BCUT2D eigenvalue weighted by atomic mass is 10.1. The SMILES string of the molecule is Cc1cccc(CN2CCN(c3cc(=O)n(C)c(=O)n3C)CC2)c1. The Balaban J connectivity index is 1.70. The second-order valence-electron chi connectivity index (χ2n) is 6.49. The Hall–Kier alpha value is -2.34. The zero-order valence-corrected chi connectivity index (χ0v) is 14.5. The van der Waals surface area contributed by atoms with Crippen molar-refractivity contribution < 1.29 is 0 Å². The van der Waals surface area contributed by atoms with Crippen LogP contribution < -0.4 is 16.1 Å². The van der Waals surface area contributed by atoms with E-state index in [9.17, 15) is 9.59 Å². The van der Waals surface area contributed by atoms with E-state index in [4.69, 9.17) is 0 Å². The summed E-state index contributed by atoms with van der Waals surface area (Å²) in [6, 6.07) is 10.1. The van der Waals surface area contributed by atoms with E-state index in [1.165, 1.54) is 18.2 Å². The Kier molecular flexibility index (Phi) is 4.57. The van der Waals surface area contributed by atoms with E-state index in [1.54, 1.807) is 17.7 Å². The molecule has 128 valence electrons. The lowest BCUT2D eigenvalue weighted by molar-refractivity contribution is 0.248. The van der Waals surface area contributed by atoms with Gasteiger partial charge in [0.2, 0.25) is 0 Å². The first kappa shape index (κ1) is 16.5. The molecule has 1 aliphatic heterocycles. The van der Waals surface area contributed by atoms with Gasteiger partial charge in [-0.25, -0.2) is 4.79 Å². The van der Waals surface area contributed by atoms with Gasteiger partial charge in [0.15, 0.2) is 0 Å². The zero-order valence-electron chi connectivity index (χ0n) is 14.5. The highest BCUT2D eigenvalue weighted by atomic mass is 16.2. The third-order valence-electron chi connectivity index (χ3n) is 4.69. The van der Waals surface area contributed by atoms with Gasteiger partial charge in [-0.1, -0.05) is 29.8 Å². The number of anilines is 1. The number of piperazine rings is 1. The highest BCUT2D eigenvalue weighted by Crippen LogP contribution is 2.14. The minimum Gasteiger partial charge on any atom is -0.355 e. The van der Waals surface area contributed by atoms with Crippen LogP contribution in [-0.2, 0) is 20.6 Å². The van der Waals surface area contributed by atoms with Crippen LogP contribution in [0.4, 0.5) is 5.82 Å². The summed E-state index contributed by atoms with van der Waals surface area (Å²) in [7, 11) is 3.23. The first-order chi connectivity index (χ1) is 11.5. The standard InChI is InChI=1S/C18H24N4O2/c1-14-5-4-6-15(11-14)13-21-7-9-22(10-8-21)16-12-17(23)20(3)18(24)19(16)2/h4-6,11-12H,7-10,13H2,1-3H3. The normalized spacial score (nSPS) is 15.7. The summed E-state index contributed by atoms with van der Waals surface area (Å²) in [6.07, 6.45) is 0. The van der Waals surface area contributed by atoms with E-state index < -0.39 is 0 Å². The topological polar surface area (TPSA) is 50.5 Å². The van der Waals surface area contributed by atoms with E-state index in [0.717, 1.165) is 37.3 Å². The van der Waals surface area contributed by atoms with Crippen molar-refractivity contribution in [2.75, 3.05) is 31.1 Å². The summed E-state index contributed by atoms with van der Waals surface area (Å²) in [4.78, 5) is 28.5. The van der Waals surface area contributed by atoms with Gasteiger partial charge in [-0.3, -0.25) is 18.8 Å². The van der Waals surface area contributed by atoms with Gasteiger partial charge in [0.25, 0.3) is 5.56 Å². The summed E-state index contributed by atoms with van der Waals surface area (Å²) in [5.41, 5.74) is 2.07. The minimum atomic E-state index is -0.278. The van der Waals surface area contributed by atoms with Crippen molar-refractivity contribution in [3.8, 4) is 0 Å². The Morgan fingerprint density at radius 3 is 2.33 bits per heavy atom. The van der Waals surface area contributed by atoms with E-state index in [2.05, 4.69) is 41.0 Å². The van der Waals surface area contributed by atoms with Crippen molar-refractivity contribution in [1.29, 1.82) is 0 Å². The van der Waals surface area contributed by atoms with Crippen molar-refractivity contribution in [1.82, 2.24) is 14.0 Å². The highest BCUT2D eigenvalue weighted by molar-refractivity contribution is 5.39. The lowest BCUT2D eigenvalue weighted by Crippen LogP contribution is -2.49. The van der Waals surface area contributed by atoms with Crippen LogP contribution in [0, 0.1) is 6.92 Å². The second kappa shape index (κ2) is 6.65. The lowest BCUT2D eigenvalue weighted by Gasteiger charge is -2.36. The molecule has 1 aromatic heterocycles. The fourth-order valence-corrected chi connectivity index (χ4v) is 3.23. The van der Waals surface area contributed by atoms with Crippen LogP contribution in [0.15, 0.2) is 39.9 Å². The maximum atomic E-state index is 12.1. The largest absolute Gasteiger partial charge is 0.355 e. The number of hydrogen-bond donors (Lipinski definition) is 0. The number of nitrogens with zero attached hydrogens (tertiary/aromatic N) is 4. The van der Waals surface area contributed by atoms with E-state index in [1.807, 2.05) is 0 Å². The van der Waals surface area contributed by atoms with Crippen molar-refractivity contribution >= 4 is 5.82 Å². The Morgan fingerprint density at radius 1 is 0.958 bits per heavy atom. The predicted octanol–water partition coefficient (Wildman–Crippen LogP) is 0.715. The van der Waals surface area contributed by atoms with Gasteiger partial charge in [-0.15, -0.1) is 0 Å². The molecule has 0 amide bonds. The van der Waals surface area contributed by atoms with Gasteiger partial charge in [-0.05, 0) is 12.5 Å². The van der Waals surface area contributed by atoms with Gasteiger partial charge < -0.3 is 4.90 Å². The van der Waals surface area contributed by atoms with Crippen LogP contribution in [0.2, 0.25) is 0 Å². The molecule has 1 saturated heterocycles.